The van der Waals surface area contributed by atoms with Crippen LogP contribution in [-0.2, 0) is 12.7 Å². The molecule has 0 spiro atoms. The van der Waals surface area contributed by atoms with E-state index in [-0.39, 0.29) is 12.0 Å². The maximum absolute atomic E-state index is 12.7. The monoisotopic (exact) mass is 455 g/mol. The maximum atomic E-state index is 12.7. The van der Waals surface area contributed by atoms with Crippen molar-refractivity contribution in [3.8, 4) is 16.9 Å². The van der Waals surface area contributed by atoms with Gasteiger partial charge in [-0.05, 0) is 48.4 Å². The number of alkyl halides is 3. The second-order valence-corrected chi connectivity index (χ2v) is 7.94. The SMILES string of the molecule is CCNC(=O)c1ccc(-c2ccc(OC3CN(Cc4ccc(C(F)(F)F)cc4)C3)cc2)cn1. The molecule has 0 bridgehead atoms. The molecule has 0 aliphatic carbocycles. The van der Waals surface area contributed by atoms with E-state index in [4.69, 9.17) is 4.74 Å². The van der Waals surface area contributed by atoms with Gasteiger partial charge in [0.15, 0.2) is 0 Å². The topological polar surface area (TPSA) is 54.5 Å². The molecule has 1 N–H and O–H groups in total. The second-order valence-electron chi connectivity index (χ2n) is 7.94. The predicted octanol–water partition coefficient (Wildman–Crippen LogP) is 4.78. The fourth-order valence-electron chi connectivity index (χ4n) is 3.65. The first kappa shape index (κ1) is 22.8. The summed E-state index contributed by atoms with van der Waals surface area (Å²) >= 11 is 0. The van der Waals surface area contributed by atoms with Gasteiger partial charge < -0.3 is 10.1 Å². The number of amides is 1. The van der Waals surface area contributed by atoms with Crippen LogP contribution in [0.5, 0.6) is 5.75 Å². The van der Waals surface area contributed by atoms with E-state index in [9.17, 15) is 18.0 Å². The number of hydrogen-bond acceptors (Lipinski definition) is 4. The Bertz CT molecular complexity index is 1080. The molecule has 33 heavy (non-hydrogen) atoms. The minimum Gasteiger partial charge on any atom is -0.488 e. The number of carbonyl (C=O) groups excluding carboxylic acids is 1. The summed E-state index contributed by atoms with van der Waals surface area (Å²) in [6, 6.07) is 16.5. The molecule has 5 nitrogen and oxygen atoms in total. The van der Waals surface area contributed by atoms with Gasteiger partial charge in [-0.2, -0.15) is 13.2 Å². The number of nitrogens with one attached hydrogen (secondary N) is 1. The number of carbonyl (C=O) groups is 1. The molecule has 3 aromatic rings. The molecular formula is C25H24F3N3O2. The van der Waals surface area contributed by atoms with Gasteiger partial charge in [-0.3, -0.25) is 14.7 Å². The Morgan fingerprint density at radius 2 is 1.70 bits per heavy atom. The third-order valence-electron chi connectivity index (χ3n) is 5.43. The van der Waals surface area contributed by atoms with Crippen LogP contribution in [0.3, 0.4) is 0 Å². The second kappa shape index (κ2) is 9.62. The largest absolute Gasteiger partial charge is 0.488 e. The molecule has 1 aliphatic heterocycles. The molecule has 0 radical (unpaired) electrons. The fraction of sp³-hybridized carbons (Fsp3) is 0.280. The number of benzene rings is 2. The van der Waals surface area contributed by atoms with Crippen LogP contribution in [0.25, 0.3) is 11.1 Å². The van der Waals surface area contributed by atoms with Gasteiger partial charge in [-0.25, -0.2) is 0 Å². The van der Waals surface area contributed by atoms with Crippen LogP contribution in [0.4, 0.5) is 13.2 Å². The summed E-state index contributed by atoms with van der Waals surface area (Å²) in [5.41, 5.74) is 2.47. The summed E-state index contributed by atoms with van der Waals surface area (Å²) in [6.45, 7) is 4.44. The summed E-state index contributed by atoms with van der Waals surface area (Å²) < 4.78 is 44.0. The first-order chi connectivity index (χ1) is 15.8. The van der Waals surface area contributed by atoms with Crippen molar-refractivity contribution in [3.05, 3.63) is 83.7 Å². The Morgan fingerprint density at radius 3 is 2.27 bits per heavy atom. The van der Waals surface area contributed by atoms with E-state index in [1.54, 1.807) is 12.3 Å². The average Bonchev–Trinajstić information content (AvgIpc) is 2.78. The lowest BCUT2D eigenvalue weighted by atomic mass is 10.1. The molecule has 172 valence electrons. The third kappa shape index (κ3) is 5.70. The highest BCUT2D eigenvalue weighted by Gasteiger charge is 2.31. The first-order valence-corrected chi connectivity index (χ1v) is 10.7. The maximum Gasteiger partial charge on any atom is 0.416 e. The number of nitrogens with zero attached hydrogens (tertiary/aromatic N) is 2. The van der Waals surface area contributed by atoms with Gasteiger partial charge in [0, 0.05) is 37.9 Å². The minimum absolute atomic E-state index is 0.0447. The van der Waals surface area contributed by atoms with Gasteiger partial charge in [0.2, 0.25) is 0 Å². The van der Waals surface area contributed by atoms with E-state index >= 15 is 0 Å². The molecule has 1 fully saturated rings. The highest BCUT2D eigenvalue weighted by molar-refractivity contribution is 5.92. The van der Waals surface area contributed by atoms with Crippen molar-refractivity contribution in [2.75, 3.05) is 19.6 Å². The van der Waals surface area contributed by atoms with Crippen molar-refractivity contribution in [1.82, 2.24) is 15.2 Å². The molecular weight excluding hydrogens is 431 g/mol. The third-order valence-corrected chi connectivity index (χ3v) is 5.43. The minimum atomic E-state index is -4.31. The van der Waals surface area contributed by atoms with Gasteiger partial charge in [-0.15, -0.1) is 0 Å². The van der Waals surface area contributed by atoms with Gasteiger partial charge in [-0.1, -0.05) is 30.3 Å². The summed E-state index contributed by atoms with van der Waals surface area (Å²) in [5, 5.41) is 2.72. The fourth-order valence-corrected chi connectivity index (χ4v) is 3.65. The number of likely N-dealkylation sites (tertiary alicyclic amines) is 1. The lowest BCUT2D eigenvalue weighted by Crippen LogP contribution is -2.53. The van der Waals surface area contributed by atoms with Crippen LogP contribution < -0.4 is 10.1 Å². The number of halogens is 3. The standard InChI is InChI=1S/C25H24F3N3O2/c1-2-29-24(32)23-12-7-19(13-30-23)18-5-10-21(11-6-18)33-22-15-31(16-22)14-17-3-8-20(9-4-17)25(26,27)28/h3-13,22H,2,14-16H2,1H3,(H,29,32). The Morgan fingerprint density at radius 1 is 1.03 bits per heavy atom. The van der Waals surface area contributed by atoms with E-state index in [0.29, 0.717) is 31.9 Å². The highest BCUT2D eigenvalue weighted by atomic mass is 19.4. The molecule has 1 aromatic heterocycles. The number of pyridine rings is 1. The first-order valence-electron chi connectivity index (χ1n) is 10.7. The molecule has 0 saturated carbocycles. The molecule has 0 unspecified atom stereocenters. The lowest BCUT2D eigenvalue weighted by Gasteiger charge is -2.39. The molecule has 4 rings (SSSR count). The van der Waals surface area contributed by atoms with Crippen LogP contribution in [0, 0.1) is 0 Å². The Kier molecular flexibility index (Phi) is 6.65. The van der Waals surface area contributed by atoms with Crippen LogP contribution >= 0.6 is 0 Å². The summed E-state index contributed by atoms with van der Waals surface area (Å²) in [4.78, 5) is 18.2. The molecule has 2 heterocycles. The van der Waals surface area contributed by atoms with Crippen molar-refractivity contribution in [2.45, 2.75) is 25.7 Å². The van der Waals surface area contributed by atoms with Crippen molar-refractivity contribution >= 4 is 5.91 Å². The summed E-state index contributed by atoms with van der Waals surface area (Å²) in [5.74, 6) is 0.561. The van der Waals surface area contributed by atoms with E-state index in [2.05, 4.69) is 15.2 Å². The van der Waals surface area contributed by atoms with Gasteiger partial charge in [0.05, 0.1) is 5.56 Å². The Hall–Kier alpha value is -3.39. The van der Waals surface area contributed by atoms with Crippen molar-refractivity contribution < 1.29 is 22.7 Å². The zero-order chi connectivity index (χ0) is 23.4. The van der Waals surface area contributed by atoms with Crippen molar-refractivity contribution in [1.29, 1.82) is 0 Å². The number of ether oxygens (including phenoxy) is 1. The predicted molar refractivity (Wildman–Crippen MR) is 119 cm³/mol. The van der Waals surface area contributed by atoms with Gasteiger partial charge in [0.25, 0.3) is 5.91 Å². The van der Waals surface area contributed by atoms with Gasteiger partial charge in [0.1, 0.15) is 17.5 Å². The van der Waals surface area contributed by atoms with Crippen LogP contribution in [0.2, 0.25) is 0 Å². The summed E-state index contributed by atoms with van der Waals surface area (Å²) in [6.07, 6.45) is -2.59. The average molecular weight is 455 g/mol. The number of rotatable bonds is 7. The van der Waals surface area contributed by atoms with Crippen LogP contribution in [-0.4, -0.2) is 41.5 Å². The van der Waals surface area contributed by atoms with E-state index < -0.39 is 11.7 Å². The van der Waals surface area contributed by atoms with Crippen molar-refractivity contribution in [2.24, 2.45) is 0 Å². The number of hydrogen-bond donors (Lipinski definition) is 1. The zero-order valence-corrected chi connectivity index (χ0v) is 18.1. The van der Waals surface area contributed by atoms with E-state index in [1.807, 2.05) is 37.3 Å². The van der Waals surface area contributed by atoms with E-state index in [1.165, 1.54) is 12.1 Å². The summed E-state index contributed by atoms with van der Waals surface area (Å²) in [7, 11) is 0. The molecule has 1 amide bonds. The smallest absolute Gasteiger partial charge is 0.416 e. The zero-order valence-electron chi connectivity index (χ0n) is 18.1. The van der Waals surface area contributed by atoms with Crippen LogP contribution in [0.15, 0.2) is 66.9 Å². The molecule has 0 atom stereocenters. The molecule has 8 heteroatoms. The molecule has 1 saturated heterocycles. The molecule has 1 aliphatic rings. The van der Waals surface area contributed by atoms with Crippen molar-refractivity contribution in [3.63, 3.8) is 0 Å². The number of aromatic nitrogens is 1. The highest BCUT2D eigenvalue weighted by Crippen LogP contribution is 2.30. The molecule has 2 aromatic carbocycles. The quantitative estimate of drug-likeness (QED) is 0.557. The van der Waals surface area contributed by atoms with E-state index in [0.717, 1.165) is 34.6 Å². The van der Waals surface area contributed by atoms with Gasteiger partial charge >= 0.3 is 6.18 Å². The normalized spacial score (nSPS) is 14.5. The lowest BCUT2D eigenvalue weighted by molar-refractivity contribution is -0.137. The Balaban J connectivity index is 1.26. The Labute approximate surface area is 190 Å². The van der Waals surface area contributed by atoms with Crippen LogP contribution in [0.1, 0.15) is 28.5 Å².